The van der Waals surface area contributed by atoms with Gasteiger partial charge in [0.2, 0.25) is 10.0 Å². The van der Waals surface area contributed by atoms with Gasteiger partial charge in [0.15, 0.2) is 0 Å². The summed E-state index contributed by atoms with van der Waals surface area (Å²) in [7, 11) is -3.64. The van der Waals surface area contributed by atoms with Crippen molar-refractivity contribution in [2.75, 3.05) is 19.7 Å². The van der Waals surface area contributed by atoms with Crippen molar-refractivity contribution in [2.24, 2.45) is 5.92 Å². The van der Waals surface area contributed by atoms with Crippen LogP contribution in [-0.4, -0.2) is 52.0 Å². The fraction of sp³-hybridized carbons (Fsp3) is 0.667. The monoisotopic (exact) mass is 395 g/mol. The second-order valence-corrected chi connectivity index (χ2v) is 9.30. The van der Waals surface area contributed by atoms with E-state index in [0.717, 1.165) is 12.1 Å². The predicted molar refractivity (Wildman–Crippen MR) is 102 cm³/mol. The zero-order valence-corrected chi connectivity index (χ0v) is 17.5. The molecule has 0 N–H and O–H groups in total. The molecule has 2 aromatic rings. The molecular weight excluding hydrogens is 366 g/mol. The van der Waals surface area contributed by atoms with Crippen LogP contribution in [0, 0.1) is 19.8 Å². The summed E-state index contributed by atoms with van der Waals surface area (Å²) in [6, 6.07) is 0. The molecule has 27 heavy (non-hydrogen) atoms. The highest BCUT2D eigenvalue weighted by Gasteiger charge is 2.35. The number of aryl methyl sites for hydroxylation is 2. The second-order valence-electron chi connectivity index (χ2n) is 7.43. The topological polar surface area (TPSA) is 82.2 Å². The number of ether oxygens (including phenoxy) is 1. The summed E-state index contributed by atoms with van der Waals surface area (Å²) in [5.74, 6) is 0.390. The number of morpholine rings is 1. The molecule has 1 saturated heterocycles. The molecule has 2 aromatic heterocycles. The molecule has 0 bridgehead atoms. The zero-order chi connectivity index (χ0) is 19.8. The minimum atomic E-state index is -3.64. The minimum Gasteiger partial charge on any atom is -0.371 e. The van der Waals surface area contributed by atoms with Crippen LogP contribution in [0.25, 0.3) is 0 Å². The lowest BCUT2D eigenvalue weighted by molar-refractivity contribution is -0.00262. The van der Waals surface area contributed by atoms with E-state index in [1.807, 2.05) is 24.7 Å². The highest BCUT2D eigenvalue weighted by Crippen LogP contribution is 2.29. The Morgan fingerprint density at radius 2 is 2.07 bits per heavy atom. The van der Waals surface area contributed by atoms with E-state index < -0.39 is 10.0 Å². The van der Waals surface area contributed by atoms with Gasteiger partial charge in [-0.05, 0) is 26.7 Å². The van der Waals surface area contributed by atoms with E-state index in [4.69, 9.17) is 4.74 Å². The van der Waals surface area contributed by atoms with E-state index in [0.29, 0.717) is 41.9 Å². The Morgan fingerprint density at radius 3 is 2.70 bits per heavy atom. The predicted octanol–water partition coefficient (Wildman–Crippen LogP) is 2.13. The normalized spacial score (nSPS) is 19.1. The van der Waals surface area contributed by atoms with Gasteiger partial charge in [-0.1, -0.05) is 13.8 Å². The van der Waals surface area contributed by atoms with Crippen molar-refractivity contribution in [3.8, 4) is 0 Å². The third-order valence-corrected chi connectivity index (χ3v) is 6.95. The van der Waals surface area contributed by atoms with Crippen molar-refractivity contribution in [1.29, 1.82) is 0 Å². The maximum Gasteiger partial charge on any atom is 0.246 e. The van der Waals surface area contributed by atoms with Crippen LogP contribution in [0.15, 0.2) is 17.3 Å². The van der Waals surface area contributed by atoms with Gasteiger partial charge in [0.25, 0.3) is 0 Å². The molecule has 9 heteroatoms. The summed E-state index contributed by atoms with van der Waals surface area (Å²) in [6.45, 7) is 12.2. The molecule has 1 aliphatic rings. The number of sulfonamides is 1. The largest absolute Gasteiger partial charge is 0.371 e. The Kier molecular flexibility index (Phi) is 5.73. The minimum absolute atomic E-state index is 0.284. The van der Waals surface area contributed by atoms with Gasteiger partial charge in [0.1, 0.15) is 4.90 Å². The van der Waals surface area contributed by atoms with Crippen LogP contribution >= 0.6 is 0 Å². The quantitative estimate of drug-likeness (QED) is 0.748. The summed E-state index contributed by atoms with van der Waals surface area (Å²) in [5.41, 5.74) is 2.15. The van der Waals surface area contributed by atoms with Gasteiger partial charge >= 0.3 is 0 Å². The maximum atomic E-state index is 13.4. The Balaban J connectivity index is 1.87. The molecule has 1 unspecified atom stereocenters. The molecule has 0 aromatic carbocycles. The van der Waals surface area contributed by atoms with Crippen molar-refractivity contribution >= 4 is 10.0 Å². The Hall–Kier alpha value is -1.71. The summed E-state index contributed by atoms with van der Waals surface area (Å²) in [6.07, 6.45) is 3.36. The molecule has 150 valence electrons. The molecule has 3 rings (SSSR count). The number of nitrogens with zero attached hydrogens (tertiary/aromatic N) is 5. The maximum absolute atomic E-state index is 13.4. The molecule has 1 aliphatic heterocycles. The van der Waals surface area contributed by atoms with E-state index in [1.54, 1.807) is 17.8 Å². The molecule has 0 saturated carbocycles. The second kappa shape index (κ2) is 7.73. The average Bonchev–Trinajstić information content (AvgIpc) is 3.19. The highest BCUT2D eigenvalue weighted by molar-refractivity contribution is 7.89. The standard InChI is InChI=1S/C18H29N5O3S/c1-6-21-11-16(9-19-21)17-12-22(7-8-26-17)27(24,25)18-14(4)20-23(15(18)5)10-13(2)3/h9,11,13,17H,6-8,10,12H2,1-5H3. The first kappa shape index (κ1) is 20.0. The van der Waals surface area contributed by atoms with Gasteiger partial charge in [-0.2, -0.15) is 14.5 Å². The zero-order valence-electron chi connectivity index (χ0n) is 16.7. The van der Waals surface area contributed by atoms with E-state index in [9.17, 15) is 8.42 Å². The smallest absolute Gasteiger partial charge is 0.246 e. The van der Waals surface area contributed by atoms with Crippen LogP contribution in [0.2, 0.25) is 0 Å². The van der Waals surface area contributed by atoms with Crippen molar-refractivity contribution in [1.82, 2.24) is 23.9 Å². The van der Waals surface area contributed by atoms with Crippen molar-refractivity contribution in [3.05, 3.63) is 29.3 Å². The Labute approximate surface area is 161 Å². The summed E-state index contributed by atoms with van der Waals surface area (Å²) < 4.78 is 37.7. The fourth-order valence-electron chi connectivity index (χ4n) is 3.47. The number of rotatable bonds is 6. The SMILES string of the molecule is CCn1cc(C2CN(S(=O)(=O)c3c(C)nn(CC(C)C)c3C)CCO2)cn1. The first-order valence-electron chi connectivity index (χ1n) is 9.42. The van der Waals surface area contributed by atoms with Crippen LogP contribution in [0.5, 0.6) is 0 Å². The van der Waals surface area contributed by atoms with Crippen LogP contribution in [0.3, 0.4) is 0 Å². The lowest BCUT2D eigenvalue weighted by atomic mass is 10.2. The summed E-state index contributed by atoms with van der Waals surface area (Å²) >= 11 is 0. The molecule has 1 fully saturated rings. The summed E-state index contributed by atoms with van der Waals surface area (Å²) in [5, 5.41) is 8.74. The van der Waals surface area contributed by atoms with Gasteiger partial charge in [-0.25, -0.2) is 8.42 Å². The van der Waals surface area contributed by atoms with E-state index in [2.05, 4.69) is 24.0 Å². The highest BCUT2D eigenvalue weighted by atomic mass is 32.2. The molecule has 0 amide bonds. The van der Waals surface area contributed by atoms with Gasteiger partial charge < -0.3 is 4.74 Å². The van der Waals surface area contributed by atoms with Crippen molar-refractivity contribution < 1.29 is 13.2 Å². The van der Waals surface area contributed by atoms with Gasteiger partial charge in [-0.3, -0.25) is 9.36 Å². The molecule has 0 aliphatic carbocycles. The van der Waals surface area contributed by atoms with Crippen molar-refractivity contribution in [2.45, 2.75) is 58.7 Å². The fourth-order valence-corrected chi connectivity index (χ4v) is 5.27. The molecule has 3 heterocycles. The average molecular weight is 396 g/mol. The first-order valence-corrected chi connectivity index (χ1v) is 10.9. The van der Waals surface area contributed by atoms with E-state index in [-0.39, 0.29) is 12.6 Å². The van der Waals surface area contributed by atoms with Crippen LogP contribution < -0.4 is 0 Å². The number of hydrogen-bond acceptors (Lipinski definition) is 5. The third kappa shape index (κ3) is 3.95. The molecule has 0 spiro atoms. The number of hydrogen-bond donors (Lipinski definition) is 0. The van der Waals surface area contributed by atoms with Crippen LogP contribution in [0.4, 0.5) is 0 Å². The Morgan fingerprint density at radius 1 is 1.33 bits per heavy atom. The lowest BCUT2D eigenvalue weighted by Gasteiger charge is -2.31. The van der Waals surface area contributed by atoms with Gasteiger partial charge in [0, 0.05) is 37.9 Å². The lowest BCUT2D eigenvalue weighted by Crippen LogP contribution is -2.42. The molecule has 8 nitrogen and oxygen atoms in total. The van der Waals surface area contributed by atoms with E-state index >= 15 is 0 Å². The molecular formula is C18H29N5O3S. The third-order valence-electron chi connectivity index (χ3n) is 4.83. The molecule has 0 radical (unpaired) electrons. The van der Waals surface area contributed by atoms with Gasteiger partial charge in [-0.15, -0.1) is 0 Å². The first-order chi connectivity index (χ1) is 12.7. The summed E-state index contributed by atoms with van der Waals surface area (Å²) in [4.78, 5) is 0.327. The van der Waals surface area contributed by atoms with E-state index in [1.165, 1.54) is 4.31 Å². The van der Waals surface area contributed by atoms with Crippen molar-refractivity contribution in [3.63, 3.8) is 0 Å². The Bertz CT molecular complexity index is 900. The number of aromatic nitrogens is 4. The van der Waals surface area contributed by atoms with Crippen LogP contribution in [-0.2, 0) is 27.8 Å². The van der Waals surface area contributed by atoms with Gasteiger partial charge in [0.05, 0.1) is 30.3 Å². The van der Waals surface area contributed by atoms with Crippen LogP contribution in [0.1, 0.15) is 43.8 Å². The molecule has 1 atom stereocenters.